The van der Waals surface area contributed by atoms with E-state index in [0.717, 1.165) is 9.77 Å². The molecule has 0 aliphatic rings. The third-order valence-electron chi connectivity index (χ3n) is 3.91. The predicted octanol–water partition coefficient (Wildman–Crippen LogP) is 5.71. The second-order valence-corrected chi connectivity index (χ2v) is 9.93. The highest BCUT2D eigenvalue weighted by Crippen LogP contribution is 2.41. The van der Waals surface area contributed by atoms with Gasteiger partial charge < -0.3 is 4.74 Å². The zero-order valence-corrected chi connectivity index (χ0v) is 19.2. The fourth-order valence-electron chi connectivity index (χ4n) is 2.62. The van der Waals surface area contributed by atoms with E-state index in [4.69, 9.17) is 32.9 Å². The molecule has 0 saturated carbocycles. The number of aldehydes is 1. The van der Waals surface area contributed by atoms with E-state index >= 15 is 0 Å². The van der Waals surface area contributed by atoms with Gasteiger partial charge in [-0.2, -0.15) is 9.78 Å². The Morgan fingerprint density at radius 1 is 1.31 bits per heavy atom. The lowest BCUT2D eigenvalue weighted by atomic mass is 10.2. The fraction of sp³-hybridized carbons (Fsp3) is 0.263. The monoisotopic (exact) mass is 469 g/mol. The zero-order chi connectivity index (χ0) is 21.3. The molecule has 0 saturated heterocycles. The number of benzene rings is 1. The Morgan fingerprint density at radius 3 is 2.62 bits per heavy atom. The zero-order valence-electron chi connectivity index (χ0n) is 16.0. The van der Waals surface area contributed by atoms with Crippen LogP contribution in [-0.4, -0.2) is 39.4 Å². The van der Waals surface area contributed by atoms with Gasteiger partial charge in [0.05, 0.1) is 38.3 Å². The van der Waals surface area contributed by atoms with Crippen LogP contribution in [-0.2, 0) is 4.74 Å². The predicted molar refractivity (Wildman–Crippen MR) is 117 cm³/mol. The molecule has 0 radical (unpaired) electrons. The SMILES string of the molecule is COC(=O)c1c(C=O)c(C)nn1-c1nc(-c2ccc(Cl)c(Cl)c2)c(SC(C)C)s1. The number of carbonyl (C=O) groups is 2. The Labute approximate surface area is 186 Å². The molecule has 0 unspecified atom stereocenters. The number of thioether (sulfide) groups is 1. The summed E-state index contributed by atoms with van der Waals surface area (Å²) in [5, 5.41) is 5.98. The number of methoxy groups -OCH3 is 1. The summed E-state index contributed by atoms with van der Waals surface area (Å²) in [4.78, 5) is 28.5. The summed E-state index contributed by atoms with van der Waals surface area (Å²) in [5.41, 5.74) is 2.16. The van der Waals surface area contributed by atoms with Crippen molar-refractivity contribution in [3.8, 4) is 16.4 Å². The van der Waals surface area contributed by atoms with Crippen LogP contribution in [0.1, 0.15) is 40.4 Å². The van der Waals surface area contributed by atoms with Gasteiger partial charge in [-0.3, -0.25) is 4.79 Å². The maximum atomic E-state index is 12.3. The number of halogens is 2. The van der Waals surface area contributed by atoms with Crippen molar-refractivity contribution in [2.75, 3.05) is 7.11 Å². The van der Waals surface area contributed by atoms with E-state index in [9.17, 15) is 9.59 Å². The maximum Gasteiger partial charge on any atom is 0.357 e. The van der Waals surface area contributed by atoms with E-state index in [1.807, 2.05) is 6.07 Å². The van der Waals surface area contributed by atoms with Crippen LogP contribution in [0, 0.1) is 6.92 Å². The van der Waals surface area contributed by atoms with E-state index < -0.39 is 5.97 Å². The number of aryl methyl sites for hydroxylation is 1. The molecule has 10 heteroatoms. The molecule has 0 bridgehead atoms. The Bertz CT molecular complexity index is 1090. The largest absolute Gasteiger partial charge is 0.464 e. The Morgan fingerprint density at radius 2 is 2.03 bits per heavy atom. The molecule has 0 amide bonds. The van der Waals surface area contributed by atoms with E-state index in [1.54, 1.807) is 30.8 Å². The van der Waals surface area contributed by atoms with Gasteiger partial charge in [-0.15, -0.1) is 11.8 Å². The topological polar surface area (TPSA) is 74.1 Å². The van der Waals surface area contributed by atoms with Crippen molar-refractivity contribution in [1.82, 2.24) is 14.8 Å². The van der Waals surface area contributed by atoms with Crippen LogP contribution in [0.3, 0.4) is 0 Å². The van der Waals surface area contributed by atoms with Gasteiger partial charge in [0.15, 0.2) is 12.0 Å². The van der Waals surface area contributed by atoms with Crippen molar-refractivity contribution >= 4 is 58.6 Å². The van der Waals surface area contributed by atoms with Crippen molar-refractivity contribution in [3.63, 3.8) is 0 Å². The third-order valence-corrected chi connectivity index (χ3v) is 6.89. The van der Waals surface area contributed by atoms with Crippen LogP contribution in [0.15, 0.2) is 22.4 Å². The smallest absolute Gasteiger partial charge is 0.357 e. The lowest BCUT2D eigenvalue weighted by Gasteiger charge is -2.05. The van der Waals surface area contributed by atoms with Gasteiger partial charge in [0.1, 0.15) is 0 Å². The molecular weight excluding hydrogens is 453 g/mol. The second kappa shape index (κ2) is 8.87. The molecular formula is C19H17Cl2N3O3S2. The summed E-state index contributed by atoms with van der Waals surface area (Å²) in [6.07, 6.45) is 0.600. The quantitative estimate of drug-likeness (QED) is 0.261. The molecule has 0 fully saturated rings. The normalized spacial score (nSPS) is 11.1. The Kier molecular flexibility index (Phi) is 6.68. The first-order valence-electron chi connectivity index (χ1n) is 8.53. The molecule has 2 aromatic heterocycles. The number of nitrogens with zero attached hydrogens (tertiary/aromatic N) is 3. The summed E-state index contributed by atoms with van der Waals surface area (Å²) in [5.74, 6) is -0.656. The standard InChI is InChI=1S/C19H17Cl2N3O3S2/c1-9(2)28-18-15(11-5-6-13(20)14(21)7-11)22-19(29-18)24-16(17(26)27-4)12(8-25)10(3)23-24/h5-9H,1-4H3. The highest BCUT2D eigenvalue weighted by molar-refractivity contribution is 8.01. The van der Waals surface area contributed by atoms with E-state index in [2.05, 4.69) is 18.9 Å². The maximum absolute atomic E-state index is 12.3. The van der Waals surface area contributed by atoms with Crippen molar-refractivity contribution in [1.29, 1.82) is 0 Å². The number of hydrogen-bond acceptors (Lipinski definition) is 7. The number of rotatable bonds is 6. The molecule has 0 spiro atoms. The average molecular weight is 470 g/mol. The van der Waals surface area contributed by atoms with Gasteiger partial charge in [-0.05, 0) is 19.1 Å². The van der Waals surface area contributed by atoms with Crippen LogP contribution in [0.5, 0.6) is 0 Å². The number of ether oxygens (including phenoxy) is 1. The Hall–Kier alpha value is -1.87. The molecule has 152 valence electrons. The average Bonchev–Trinajstić information content (AvgIpc) is 3.23. The van der Waals surface area contributed by atoms with Gasteiger partial charge in [-0.25, -0.2) is 9.78 Å². The molecule has 0 aliphatic carbocycles. The van der Waals surface area contributed by atoms with E-state index in [-0.39, 0.29) is 11.3 Å². The van der Waals surface area contributed by atoms with Gasteiger partial charge >= 0.3 is 5.97 Å². The van der Waals surface area contributed by atoms with Crippen LogP contribution in [0.25, 0.3) is 16.4 Å². The second-order valence-electron chi connectivity index (χ2n) is 6.30. The summed E-state index contributed by atoms with van der Waals surface area (Å²) in [6.45, 7) is 5.81. The van der Waals surface area contributed by atoms with Gasteiger partial charge in [-0.1, -0.05) is 54.5 Å². The van der Waals surface area contributed by atoms with Crippen LogP contribution in [0.2, 0.25) is 10.0 Å². The molecule has 0 atom stereocenters. The first kappa shape index (κ1) is 21.8. The van der Waals surface area contributed by atoms with Crippen molar-refractivity contribution in [3.05, 3.63) is 45.2 Å². The van der Waals surface area contributed by atoms with Gasteiger partial charge in [0.25, 0.3) is 0 Å². The van der Waals surface area contributed by atoms with Crippen LogP contribution < -0.4 is 0 Å². The molecule has 3 rings (SSSR count). The number of hydrogen-bond donors (Lipinski definition) is 0. The van der Waals surface area contributed by atoms with Crippen molar-refractivity contribution in [2.24, 2.45) is 0 Å². The fourth-order valence-corrected chi connectivity index (χ4v) is 5.39. The minimum Gasteiger partial charge on any atom is -0.464 e. The number of esters is 1. The Balaban J connectivity index is 2.22. The summed E-state index contributed by atoms with van der Waals surface area (Å²) in [7, 11) is 1.26. The van der Waals surface area contributed by atoms with Crippen LogP contribution >= 0.6 is 46.3 Å². The highest BCUT2D eigenvalue weighted by Gasteiger charge is 2.26. The van der Waals surface area contributed by atoms with Gasteiger partial charge in [0.2, 0.25) is 5.13 Å². The minimum atomic E-state index is -0.656. The lowest BCUT2D eigenvalue weighted by Crippen LogP contribution is -2.12. The minimum absolute atomic E-state index is 0.0514. The first-order chi connectivity index (χ1) is 13.8. The number of carbonyl (C=O) groups excluding carboxylic acids is 2. The first-order valence-corrected chi connectivity index (χ1v) is 11.0. The van der Waals surface area contributed by atoms with E-state index in [0.29, 0.717) is 38.1 Å². The molecule has 0 aliphatic heterocycles. The molecule has 3 aromatic rings. The molecule has 1 aromatic carbocycles. The third kappa shape index (κ3) is 4.35. The molecule has 29 heavy (non-hydrogen) atoms. The number of aromatic nitrogens is 3. The highest BCUT2D eigenvalue weighted by atomic mass is 35.5. The van der Waals surface area contributed by atoms with Crippen molar-refractivity contribution in [2.45, 2.75) is 30.2 Å². The summed E-state index contributed by atoms with van der Waals surface area (Å²) >= 11 is 15.2. The van der Waals surface area contributed by atoms with Crippen LogP contribution in [0.4, 0.5) is 0 Å². The lowest BCUT2D eigenvalue weighted by molar-refractivity contribution is 0.0588. The summed E-state index contributed by atoms with van der Waals surface area (Å²) in [6, 6.07) is 5.30. The van der Waals surface area contributed by atoms with E-state index in [1.165, 1.54) is 23.1 Å². The van der Waals surface area contributed by atoms with Gasteiger partial charge in [0, 0.05) is 10.8 Å². The molecule has 2 heterocycles. The van der Waals surface area contributed by atoms with Crippen molar-refractivity contribution < 1.29 is 14.3 Å². The molecule has 0 N–H and O–H groups in total. The summed E-state index contributed by atoms with van der Waals surface area (Å²) < 4.78 is 7.15. The molecule has 6 nitrogen and oxygen atoms in total. The number of thiazole rings is 1.